The van der Waals surface area contributed by atoms with Gasteiger partial charge in [-0.25, -0.2) is 4.79 Å². The Bertz CT molecular complexity index is 499. The van der Waals surface area contributed by atoms with Gasteiger partial charge in [-0.3, -0.25) is 4.98 Å². The van der Waals surface area contributed by atoms with Gasteiger partial charge in [0.05, 0.1) is 10.0 Å². The van der Waals surface area contributed by atoms with Crippen molar-refractivity contribution in [3.05, 3.63) is 58.8 Å². The van der Waals surface area contributed by atoms with Crippen LogP contribution in [-0.2, 0) is 0 Å². The lowest BCUT2D eigenvalue weighted by atomic mass is 10.2. The van der Waals surface area contributed by atoms with Crippen LogP contribution < -0.4 is 4.74 Å². The predicted molar refractivity (Wildman–Crippen MR) is 63.3 cm³/mol. The Morgan fingerprint density at radius 1 is 1.19 bits per heavy atom. The van der Waals surface area contributed by atoms with Crippen molar-refractivity contribution in [2.75, 3.05) is 0 Å². The number of hydrogen-bond acceptors (Lipinski definition) is 3. The second-order valence-corrected chi connectivity index (χ2v) is 3.92. The van der Waals surface area contributed by atoms with Crippen LogP contribution in [0.15, 0.2) is 53.3 Å². The monoisotopic (exact) mass is 277 g/mol. The summed E-state index contributed by atoms with van der Waals surface area (Å²) in [6.07, 6.45) is 3.14. The fourth-order valence-corrected chi connectivity index (χ4v) is 1.51. The number of carbonyl (C=O) groups excluding carboxylic acids is 1. The van der Waals surface area contributed by atoms with Crippen LogP contribution in [0.3, 0.4) is 0 Å². The van der Waals surface area contributed by atoms with E-state index in [9.17, 15) is 4.79 Å². The van der Waals surface area contributed by atoms with Gasteiger partial charge in [-0.1, -0.05) is 18.2 Å². The molecule has 0 aliphatic rings. The highest BCUT2D eigenvalue weighted by atomic mass is 79.9. The van der Waals surface area contributed by atoms with Crippen LogP contribution in [0.1, 0.15) is 10.4 Å². The molecule has 0 saturated carbocycles. The number of hydrogen-bond donors (Lipinski definition) is 0. The topological polar surface area (TPSA) is 39.2 Å². The number of rotatable bonds is 2. The van der Waals surface area contributed by atoms with Crippen LogP contribution in [0, 0.1) is 0 Å². The van der Waals surface area contributed by atoms with Crippen molar-refractivity contribution in [3.63, 3.8) is 0 Å². The fourth-order valence-electron chi connectivity index (χ4n) is 1.18. The lowest BCUT2D eigenvalue weighted by Gasteiger charge is -2.05. The van der Waals surface area contributed by atoms with Gasteiger partial charge in [0.1, 0.15) is 5.75 Å². The smallest absolute Gasteiger partial charge is 0.343 e. The molecule has 1 aromatic heterocycles. The molecule has 0 atom stereocenters. The highest BCUT2D eigenvalue weighted by Crippen LogP contribution is 2.23. The van der Waals surface area contributed by atoms with Gasteiger partial charge in [-0.15, -0.1) is 0 Å². The van der Waals surface area contributed by atoms with E-state index >= 15 is 0 Å². The van der Waals surface area contributed by atoms with Gasteiger partial charge in [0.25, 0.3) is 0 Å². The Kier molecular flexibility index (Phi) is 3.31. The zero-order valence-corrected chi connectivity index (χ0v) is 9.85. The molecule has 16 heavy (non-hydrogen) atoms. The van der Waals surface area contributed by atoms with Gasteiger partial charge < -0.3 is 4.74 Å². The van der Waals surface area contributed by atoms with Crippen LogP contribution in [0.4, 0.5) is 0 Å². The second kappa shape index (κ2) is 4.90. The zero-order valence-electron chi connectivity index (χ0n) is 8.26. The molecule has 4 heteroatoms. The molecule has 0 N–H and O–H groups in total. The summed E-state index contributed by atoms with van der Waals surface area (Å²) >= 11 is 3.26. The Balaban J connectivity index is 2.18. The van der Waals surface area contributed by atoms with E-state index in [1.165, 1.54) is 0 Å². The molecule has 0 bridgehead atoms. The van der Waals surface area contributed by atoms with E-state index in [2.05, 4.69) is 20.9 Å². The molecule has 3 nitrogen and oxygen atoms in total. The summed E-state index contributed by atoms with van der Waals surface area (Å²) in [6.45, 7) is 0. The van der Waals surface area contributed by atoms with Crippen molar-refractivity contribution in [2.45, 2.75) is 0 Å². The van der Waals surface area contributed by atoms with Crippen LogP contribution in [0.2, 0.25) is 0 Å². The molecule has 0 spiro atoms. The maximum atomic E-state index is 11.7. The number of pyridine rings is 1. The lowest BCUT2D eigenvalue weighted by Crippen LogP contribution is -2.08. The van der Waals surface area contributed by atoms with Gasteiger partial charge in [-0.2, -0.15) is 0 Å². The quantitative estimate of drug-likeness (QED) is 0.792. The maximum absolute atomic E-state index is 11.7. The Labute approximate surface area is 101 Å². The van der Waals surface area contributed by atoms with Gasteiger partial charge in [-0.05, 0) is 28.1 Å². The van der Waals surface area contributed by atoms with Crippen LogP contribution in [0.25, 0.3) is 0 Å². The first-order chi connectivity index (χ1) is 7.77. The summed E-state index contributed by atoms with van der Waals surface area (Å²) in [5, 5.41) is 0. The SMILES string of the molecule is O=C(Oc1ccncc1Br)c1ccccc1. The highest BCUT2D eigenvalue weighted by molar-refractivity contribution is 9.10. The van der Waals surface area contributed by atoms with Gasteiger partial charge in [0.2, 0.25) is 0 Å². The normalized spacial score (nSPS) is 9.81. The minimum Gasteiger partial charge on any atom is -0.422 e. The third-order valence-electron chi connectivity index (χ3n) is 1.95. The molecule has 2 rings (SSSR count). The third-order valence-corrected chi connectivity index (χ3v) is 2.54. The molecule has 0 aliphatic carbocycles. The van der Waals surface area contributed by atoms with Crippen molar-refractivity contribution in [3.8, 4) is 5.75 Å². The molecule has 0 aliphatic heterocycles. The fraction of sp³-hybridized carbons (Fsp3) is 0. The first-order valence-corrected chi connectivity index (χ1v) is 5.43. The summed E-state index contributed by atoms with van der Waals surface area (Å²) in [5.41, 5.74) is 0.520. The number of ether oxygens (including phenoxy) is 1. The van der Waals surface area contributed by atoms with Gasteiger partial charge >= 0.3 is 5.97 Å². The first kappa shape index (κ1) is 10.8. The molecule has 2 aromatic rings. The average molecular weight is 278 g/mol. The van der Waals surface area contributed by atoms with Gasteiger partial charge in [0.15, 0.2) is 0 Å². The molecule has 1 heterocycles. The first-order valence-electron chi connectivity index (χ1n) is 4.64. The van der Waals surface area contributed by atoms with Crippen molar-refractivity contribution >= 4 is 21.9 Å². The summed E-state index contributed by atoms with van der Waals surface area (Å²) < 4.78 is 5.86. The van der Waals surface area contributed by atoms with E-state index in [0.29, 0.717) is 15.8 Å². The Hall–Kier alpha value is -1.68. The standard InChI is InChI=1S/C12H8BrNO2/c13-10-8-14-7-6-11(10)16-12(15)9-4-2-1-3-5-9/h1-8H. The van der Waals surface area contributed by atoms with Crippen LogP contribution in [0.5, 0.6) is 5.75 Å². The molecule has 0 amide bonds. The highest BCUT2D eigenvalue weighted by Gasteiger charge is 2.09. The van der Waals surface area contributed by atoms with E-state index in [-0.39, 0.29) is 5.97 Å². The average Bonchev–Trinajstić information content (AvgIpc) is 2.33. The summed E-state index contributed by atoms with van der Waals surface area (Å²) in [7, 11) is 0. The molecule has 0 saturated heterocycles. The number of benzene rings is 1. The van der Waals surface area contributed by atoms with Crippen molar-refractivity contribution in [1.29, 1.82) is 0 Å². The third kappa shape index (κ3) is 2.46. The van der Waals surface area contributed by atoms with E-state index < -0.39 is 0 Å². The summed E-state index contributed by atoms with van der Waals surface area (Å²) in [4.78, 5) is 15.6. The number of halogens is 1. The zero-order chi connectivity index (χ0) is 11.4. The van der Waals surface area contributed by atoms with E-state index in [1.54, 1.807) is 42.7 Å². The number of nitrogens with zero attached hydrogens (tertiary/aromatic N) is 1. The number of carbonyl (C=O) groups is 1. The Morgan fingerprint density at radius 3 is 2.62 bits per heavy atom. The van der Waals surface area contributed by atoms with Gasteiger partial charge in [0, 0.05) is 18.5 Å². The van der Waals surface area contributed by atoms with Crippen LogP contribution in [-0.4, -0.2) is 11.0 Å². The molecule has 0 radical (unpaired) electrons. The van der Waals surface area contributed by atoms with Crippen molar-refractivity contribution in [2.24, 2.45) is 0 Å². The van der Waals surface area contributed by atoms with Crippen molar-refractivity contribution < 1.29 is 9.53 Å². The van der Waals surface area contributed by atoms with E-state index in [1.807, 2.05) is 6.07 Å². The molecule has 80 valence electrons. The van der Waals surface area contributed by atoms with E-state index in [0.717, 1.165) is 0 Å². The number of aromatic nitrogens is 1. The maximum Gasteiger partial charge on any atom is 0.343 e. The second-order valence-electron chi connectivity index (χ2n) is 3.06. The molecule has 0 unspecified atom stereocenters. The molecular formula is C12H8BrNO2. The van der Waals surface area contributed by atoms with E-state index in [4.69, 9.17) is 4.74 Å². The molecule has 0 fully saturated rings. The largest absolute Gasteiger partial charge is 0.422 e. The Morgan fingerprint density at radius 2 is 1.94 bits per heavy atom. The lowest BCUT2D eigenvalue weighted by molar-refractivity contribution is 0.0733. The number of esters is 1. The minimum absolute atomic E-state index is 0.382. The van der Waals surface area contributed by atoms with Crippen molar-refractivity contribution in [1.82, 2.24) is 4.98 Å². The summed E-state index contributed by atoms with van der Waals surface area (Å²) in [5.74, 6) is 0.0800. The van der Waals surface area contributed by atoms with Crippen LogP contribution >= 0.6 is 15.9 Å². The predicted octanol–water partition coefficient (Wildman–Crippen LogP) is 3.06. The summed E-state index contributed by atoms with van der Waals surface area (Å²) in [6, 6.07) is 10.5. The molecular weight excluding hydrogens is 270 g/mol. The minimum atomic E-state index is -0.382. The molecule has 1 aromatic carbocycles.